The van der Waals surface area contributed by atoms with Crippen LogP contribution in [0.4, 0.5) is 19.0 Å². The van der Waals surface area contributed by atoms with E-state index >= 15 is 0 Å². The number of likely N-dealkylation sites (tertiary alicyclic amines) is 1. The highest BCUT2D eigenvalue weighted by Gasteiger charge is 2.56. The van der Waals surface area contributed by atoms with Crippen LogP contribution in [0.25, 0.3) is 0 Å². The van der Waals surface area contributed by atoms with Crippen LogP contribution in [0.15, 0.2) is 24.4 Å². The molecule has 0 bridgehead atoms. The Hall–Kier alpha value is -2.84. The second kappa shape index (κ2) is 8.36. The van der Waals surface area contributed by atoms with Gasteiger partial charge >= 0.3 is 0 Å². The zero-order chi connectivity index (χ0) is 22.3. The highest BCUT2D eigenvalue weighted by Crippen LogP contribution is 2.51. The van der Waals surface area contributed by atoms with Gasteiger partial charge in [-0.3, -0.25) is 4.79 Å². The first kappa shape index (κ1) is 21.4. The minimum absolute atomic E-state index is 0.0995. The predicted octanol–water partition coefficient (Wildman–Crippen LogP) is 4.14. The van der Waals surface area contributed by atoms with Crippen LogP contribution in [0.1, 0.15) is 43.3 Å². The van der Waals surface area contributed by atoms with Crippen molar-refractivity contribution in [2.24, 2.45) is 17.8 Å². The molecule has 9 heteroatoms. The SMILES string of the molecule is CC(=O)N1C[C@@H]2C(COc3cnc(C)nc3N[C@H](C)c3cccc(C(F)F)c3F)[C@@H]2C1. The van der Waals surface area contributed by atoms with Crippen LogP contribution < -0.4 is 10.1 Å². The monoisotopic (exact) mass is 434 g/mol. The van der Waals surface area contributed by atoms with Gasteiger partial charge in [0, 0.05) is 31.5 Å². The molecular weight excluding hydrogens is 409 g/mol. The molecule has 1 saturated carbocycles. The molecule has 2 heterocycles. The molecule has 2 aliphatic rings. The number of carbonyl (C=O) groups is 1. The van der Waals surface area contributed by atoms with Gasteiger partial charge in [-0.25, -0.2) is 23.1 Å². The van der Waals surface area contributed by atoms with Crippen LogP contribution >= 0.6 is 0 Å². The number of nitrogens with one attached hydrogen (secondary N) is 1. The molecule has 166 valence electrons. The topological polar surface area (TPSA) is 67.4 Å². The number of anilines is 1. The maximum absolute atomic E-state index is 14.5. The van der Waals surface area contributed by atoms with Gasteiger partial charge in [0.1, 0.15) is 11.6 Å². The number of halogens is 3. The van der Waals surface area contributed by atoms with Crippen LogP contribution in [0.3, 0.4) is 0 Å². The Balaban J connectivity index is 1.44. The number of benzene rings is 1. The number of carbonyl (C=O) groups excluding carboxylic acids is 1. The molecule has 0 radical (unpaired) electrons. The number of hydrogen-bond donors (Lipinski definition) is 1. The molecular formula is C22H25F3N4O2. The minimum Gasteiger partial charge on any atom is -0.488 e. The third-order valence-corrected chi connectivity index (χ3v) is 6.24. The summed E-state index contributed by atoms with van der Waals surface area (Å²) >= 11 is 0. The summed E-state index contributed by atoms with van der Waals surface area (Å²) in [7, 11) is 0. The van der Waals surface area contributed by atoms with E-state index in [4.69, 9.17) is 4.74 Å². The molecule has 2 aromatic rings. The van der Waals surface area contributed by atoms with Gasteiger partial charge < -0.3 is 15.0 Å². The number of aromatic nitrogens is 2. The van der Waals surface area contributed by atoms with E-state index in [1.165, 1.54) is 12.1 Å². The van der Waals surface area contributed by atoms with E-state index in [1.807, 2.05) is 4.90 Å². The molecule has 1 aromatic carbocycles. The first-order chi connectivity index (χ1) is 14.8. The van der Waals surface area contributed by atoms with Crippen LogP contribution in [0.2, 0.25) is 0 Å². The lowest BCUT2D eigenvalue weighted by Gasteiger charge is -2.20. The molecule has 0 spiro atoms. The molecule has 4 rings (SSSR count). The van der Waals surface area contributed by atoms with Crippen molar-refractivity contribution in [3.63, 3.8) is 0 Å². The van der Waals surface area contributed by atoms with Crippen molar-refractivity contribution in [2.75, 3.05) is 25.0 Å². The number of piperidine rings is 1. The number of alkyl halides is 2. The number of aryl methyl sites for hydroxylation is 1. The Morgan fingerprint density at radius 2 is 1.97 bits per heavy atom. The molecule has 1 aliphatic heterocycles. The van der Waals surface area contributed by atoms with Gasteiger partial charge in [-0.05, 0) is 25.7 Å². The van der Waals surface area contributed by atoms with Gasteiger partial charge in [0.25, 0.3) is 6.43 Å². The number of amides is 1. The fourth-order valence-corrected chi connectivity index (χ4v) is 4.36. The summed E-state index contributed by atoms with van der Waals surface area (Å²) in [6.45, 7) is 6.99. The van der Waals surface area contributed by atoms with Crippen molar-refractivity contribution in [1.82, 2.24) is 14.9 Å². The summed E-state index contributed by atoms with van der Waals surface area (Å²) < 4.78 is 46.6. The third kappa shape index (κ3) is 4.31. The number of hydrogen-bond acceptors (Lipinski definition) is 5. The number of fused-ring (bicyclic) bond motifs is 1. The lowest BCUT2D eigenvalue weighted by Crippen LogP contribution is -2.30. The van der Waals surface area contributed by atoms with Crippen molar-refractivity contribution in [1.29, 1.82) is 0 Å². The molecule has 1 N–H and O–H groups in total. The Bertz CT molecular complexity index is 975. The van der Waals surface area contributed by atoms with Crippen molar-refractivity contribution >= 4 is 11.7 Å². The second-order valence-corrected chi connectivity index (χ2v) is 8.27. The van der Waals surface area contributed by atoms with E-state index in [0.717, 1.165) is 19.2 Å². The largest absolute Gasteiger partial charge is 0.488 e. The molecule has 1 aliphatic carbocycles. The van der Waals surface area contributed by atoms with E-state index in [1.54, 1.807) is 27.0 Å². The molecule has 2 fully saturated rings. The van der Waals surface area contributed by atoms with E-state index in [2.05, 4.69) is 15.3 Å². The van der Waals surface area contributed by atoms with E-state index in [9.17, 15) is 18.0 Å². The Morgan fingerprint density at radius 3 is 2.61 bits per heavy atom. The summed E-state index contributed by atoms with van der Waals surface area (Å²) in [5, 5.41) is 3.08. The van der Waals surface area contributed by atoms with Crippen molar-refractivity contribution in [2.45, 2.75) is 33.2 Å². The molecule has 6 nitrogen and oxygen atoms in total. The van der Waals surface area contributed by atoms with Gasteiger partial charge in [0.15, 0.2) is 11.6 Å². The normalized spacial score (nSPS) is 22.9. The first-order valence-corrected chi connectivity index (χ1v) is 10.3. The maximum Gasteiger partial charge on any atom is 0.266 e. The maximum atomic E-state index is 14.5. The standard InChI is InChI=1S/C22H25F3N4O2/c1-11(14-5-4-6-15(20(14)23)21(24)25)27-22-19(7-26-12(2)28-22)31-10-18-16-8-29(13(3)30)9-17(16)18/h4-7,11,16-18,21H,8-10H2,1-3H3,(H,26,27,28)/t11-,16-,17+,18?/m1/s1. The predicted molar refractivity (Wildman–Crippen MR) is 108 cm³/mol. The zero-order valence-corrected chi connectivity index (χ0v) is 17.6. The van der Waals surface area contributed by atoms with E-state index < -0.39 is 23.8 Å². The van der Waals surface area contributed by atoms with Gasteiger partial charge in [-0.15, -0.1) is 0 Å². The number of rotatable bonds is 7. The zero-order valence-electron chi connectivity index (χ0n) is 17.6. The van der Waals surface area contributed by atoms with Gasteiger partial charge in [0.05, 0.1) is 24.4 Å². The van der Waals surface area contributed by atoms with Crippen LogP contribution in [-0.2, 0) is 4.79 Å². The molecule has 1 amide bonds. The highest BCUT2D eigenvalue weighted by atomic mass is 19.3. The minimum atomic E-state index is -2.88. The average Bonchev–Trinajstić information content (AvgIpc) is 3.15. The van der Waals surface area contributed by atoms with Crippen molar-refractivity contribution in [3.05, 3.63) is 47.2 Å². The molecule has 4 atom stereocenters. The molecule has 1 unspecified atom stereocenters. The summed E-state index contributed by atoms with van der Waals surface area (Å²) in [5.74, 6) is 1.78. The number of nitrogens with zero attached hydrogens (tertiary/aromatic N) is 3. The second-order valence-electron chi connectivity index (χ2n) is 8.27. The first-order valence-electron chi connectivity index (χ1n) is 10.3. The van der Waals surface area contributed by atoms with E-state index in [-0.39, 0.29) is 11.5 Å². The van der Waals surface area contributed by atoms with Crippen LogP contribution in [0.5, 0.6) is 5.75 Å². The van der Waals surface area contributed by atoms with Crippen molar-refractivity contribution < 1.29 is 22.7 Å². The van der Waals surface area contributed by atoms with Gasteiger partial charge in [0.2, 0.25) is 5.91 Å². The van der Waals surface area contributed by atoms with Gasteiger partial charge in [-0.2, -0.15) is 0 Å². The van der Waals surface area contributed by atoms with Crippen molar-refractivity contribution in [3.8, 4) is 5.75 Å². The average molecular weight is 434 g/mol. The Labute approximate surface area is 178 Å². The lowest BCUT2D eigenvalue weighted by atomic mass is 10.0. The van der Waals surface area contributed by atoms with E-state index in [0.29, 0.717) is 41.8 Å². The summed E-state index contributed by atoms with van der Waals surface area (Å²) in [4.78, 5) is 21.9. The summed E-state index contributed by atoms with van der Waals surface area (Å²) in [5.41, 5.74) is -0.498. The molecule has 31 heavy (non-hydrogen) atoms. The Morgan fingerprint density at radius 1 is 1.29 bits per heavy atom. The fraction of sp³-hybridized carbons (Fsp3) is 0.500. The quantitative estimate of drug-likeness (QED) is 0.710. The highest BCUT2D eigenvalue weighted by molar-refractivity contribution is 5.73. The summed E-state index contributed by atoms with van der Waals surface area (Å²) in [6, 6.07) is 3.36. The summed E-state index contributed by atoms with van der Waals surface area (Å²) in [6.07, 6.45) is -1.33. The lowest BCUT2D eigenvalue weighted by molar-refractivity contribution is -0.128. The smallest absolute Gasteiger partial charge is 0.266 e. The van der Waals surface area contributed by atoms with Crippen LogP contribution in [0, 0.1) is 30.5 Å². The fourth-order valence-electron chi connectivity index (χ4n) is 4.36. The Kier molecular flexibility index (Phi) is 5.77. The third-order valence-electron chi connectivity index (χ3n) is 6.24. The molecule has 1 saturated heterocycles. The molecule has 1 aromatic heterocycles. The van der Waals surface area contributed by atoms with Crippen LogP contribution in [-0.4, -0.2) is 40.5 Å². The van der Waals surface area contributed by atoms with Gasteiger partial charge in [-0.1, -0.05) is 18.2 Å². The number of ether oxygens (including phenoxy) is 1.